The van der Waals surface area contributed by atoms with Crippen LogP contribution in [0.2, 0.25) is 0 Å². The summed E-state index contributed by atoms with van der Waals surface area (Å²) in [5, 5.41) is 0. The van der Waals surface area contributed by atoms with Crippen LogP contribution in [0.25, 0.3) is 0 Å². The molecule has 126 valence electrons. The van der Waals surface area contributed by atoms with E-state index in [1.54, 1.807) is 0 Å². The maximum absolute atomic E-state index is 14.2. The molecule has 6 fully saturated rings. The first kappa shape index (κ1) is 15.7. The van der Waals surface area contributed by atoms with Gasteiger partial charge in [0.05, 0.1) is 9.49 Å². The van der Waals surface area contributed by atoms with Gasteiger partial charge >= 0.3 is 0 Å². The Labute approximate surface area is 139 Å². The summed E-state index contributed by atoms with van der Waals surface area (Å²) in [6, 6.07) is 0. The molecule has 0 aromatic heterocycles. The number of hydrogen-bond acceptors (Lipinski definition) is 1. The number of fused-ring (bicyclic) bond motifs is 4. The Morgan fingerprint density at radius 1 is 0.727 bits per heavy atom. The van der Waals surface area contributed by atoms with Crippen molar-refractivity contribution in [2.75, 3.05) is 0 Å². The van der Waals surface area contributed by atoms with Crippen molar-refractivity contribution >= 4 is 10.8 Å². The molecule has 0 aromatic rings. The van der Waals surface area contributed by atoms with E-state index in [0.717, 1.165) is 11.8 Å². The van der Waals surface area contributed by atoms with Crippen LogP contribution in [0, 0.1) is 34.5 Å². The molecule has 4 bridgehead atoms. The Morgan fingerprint density at radius 2 is 1.09 bits per heavy atom. The van der Waals surface area contributed by atoms with Gasteiger partial charge in [0.1, 0.15) is 0 Å². The van der Waals surface area contributed by atoms with Crippen molar-refractivity contribution in [2.24, 2.45) is 34.5 Å². The lowest BCUT2D eigenvalue weighted by Gasteiger charge is -2.75. The van der Waals surface area contributed by atoms with Gasteiger partial charge in [-0.05, 0) is 73.0 Å². The fourth-order valence-corrected chi connectivity index (χ4v) is 11.1. The first-order valence-electron chi connectivity index (χ1n) is 9.54. The van der Waals surface area contributed by atoms with Crippen LogP contribution < -0.4 is 0 Å². The van der Waals surface area contributed by atoms with Crippen LogP contribution in [-0.2, 0) is 10.8 Å². The van der Waals surface area contributed by atoms with Crippen molar-refractivity contribution in [3.63, 3.8) is 0 Å². The summed E-state index contributed by atoms with van der Waals surface area (Å²) >= 11 is 0. The third-order valence-electron chi connectivity index (χ3n) is 9.47. The molecular weight excluding hydrogens is 288 g/mol. The SMILES string of the molecule is CC1CCC2CC1(S(=O)C13CC(CCC1C)C3(C)C)C2(C)C. The lowest BCUT2D eigenvalue weighted by atomic mass is 9.44. The molecule has 1 nitrogen and oxygen atoms in total. The Bertz CT molecular complexity index is 490. The first-order valence-corrected chi connectivity index (χ1v) is 10.7. The fourth-order valence-electron chi connectivity index (χ4n) is 7.48. The zero-order valence-corrected chi connectivity index (χ0v) is 16.2. The summed E-state index contributed by atoms with van der Waals surface area (Å²) < 4.78 is 14.4. The Kier molecular flexibility index (Phi) is 3.00. The average Bonchev–Trinajstić information content (AvgIpc) is 2.45. The van der Waals surface area contributed by atoms with Gasteiger partial charge in [-0.2, -0.15) is 0 Å². The minimum Gasteiger partial charge on any atom is -0.258 e. The lowest BCUT2D eigenvalue weighted by molar-refractivity contribution is -0.0971. The van der Waals surface area contributed by atoms with Crippen LogP contribution in [0.3, 0.4) is 0 Å². The molecule has 6 rings (SSSR count). The Hall–Kier alpha value is 0.150. The monoisotopic (exact) mass is 322 g/mol. The van der Waals surface area contributed by atoms with Crippen LogP contribution in [-0.4, -0.2) is 13.7 Å². The fraction of sp³-hybridized carbons (Fsp3) is 1.00. The Balaban J connectivity index is 1.78. The molecule has 6 aliphatic rings. The van der Waals surface area contributed by atoms with Gasteiger partial charge in [-0.15, -0.1) is 0 Å². The van der Waals surface area contributed by atoms with E-state index in [1.165, 1.54) is 38.5 Å². The topological polar surface area (TPSA) is 17.1 Å². The van der Waals surface area contributed by atoms with E-state index in [4.69, 9.17) is 0 Å². The molecule has 6 unspecified atom stereocenters. The molecule has 0 aliphatic heterocycles. The quantitative estimate of drug-likeness (QED) is 0.686. The zero-order valence-electron chi connectivity index (χ0n) is 15.4. The van der Waals surface area contributed by atoms with Crippen molar-refractivity contribution in [1.82, 2.24) is 0 Å². The molecule has 0 radical (unpaired) electrons. The van der Waals surface area contributed by atoms with E-state index in [9.17, 15) is 4.21 Å². The Morgan fingerprint density at radius 3 is 1.36 bits per heavy atom. The summed E-state index contributed by atoms with van der Waals surface area (Å²) in [6.45, 7) is 14.5. The normalized spacial score (nSPS) is 55.7. The molecule has 2 heteroatoms. The van der Waals surface area contributed by atoms with E-state index >= 15 is 0 Å². The van der Waals surface area contributed by atoms with E-state index in [2.05, 4.69) is 41.5 Å². The highest BCUT2D eigenvalue weighted by Crippen LogP contribution is 2.74. The van der Waals surface area contributed by atoms with Crippen molar-refractivity contribution in [2.45, 2.75) is 89.6 Å². The molecule has 0 aromatic carbocycles. The first-order chi connectivity index (χ1) is 10.1. The van der Waals surface area contributed by atoms with Gasteiger partial charge in [0.25, 0.3) is 0 Å². The molecule has 6 atom stereocenters. The molecule has 0 heterocycles. The molecule has 0 N–H and O–H groups in total. The lowest BCUT2D eigenvalue weighted by Crippen LogP contribution is -2.78. The summed E-state index contributed by atoms with van der Waals surface area (Å²) in [4.78, 5) is 0. The highest BCUT2D eigenvalue weighted by molar-refractivity contribution is 7.88. The molecule has 6 aliphatic carbocycles. The van der Waals surface area contributed by atoms with E-state index < -0.39 is 10.8 Å². The smallest absolute Gasteiger partial charge is 0.0546 e. The average molecular weight is 323 g/mol. The highest BCUT2D eigenvalue weighted by Gasteiger charge is 2.76. The van der Waals surface area contributed by atoms with Crippen LogP contribution in [0.15, 0.2) is 0 Å². The van der Waals surface area contributed by atoms with Crippen molar-refractivity contribution in [3.05, 3.63) is 0 Å². The molecule has 0 amide bonds. The van der Waals surface area contributed by atoms with Gasteiger partial charge in [-0.25, -0.2) is 0 Å². The van der Waals surface area contributed by atoms with E-state index in [0.29, 0.717) is 11.8 Å². The van der Waals surface area contributed by atoms with Crippen LogP contribution >= 0.6 is 0 Å². The maximum Gasteiger partial charge on any atom is 0.0546 e. The second kappa shape index (κ2) is 4.21. The zero-order chi connectivity index (χ0) is 16.1. The second-order valence-corrected chi connectivity index (χ2v) is 12.2. The summed E-state index contributed by atoms with van der Waals surface area (Å²) in [7, 11) is -0.691. The van der Waals surface area contributed by atoms with Crippen molar-refractivity contribution in [3.8, 4) is 0 Å². The summed E-state index contributed by atoms with van der Waals surface area (Å²) in [5.74, 6) is 2.90. The minimum atomic E-state index is -0.691. The molecule has 6 saturated carbocycles. The van der Waals surface area contributed by atoms with Crippen LogP contribution in [0.4, 0.5) is 0 Å². The van der Waals surface area contributed by atoms with Gasteiger partial charge in [0, 0.05) is 10.8 Å². The van der Waals surface area contributed by atoms with Gasteiger partial charge < -0.3 is 0 Å². The van der Waals surface area contributed by atoms with Crippen molar-refractivity contribution < 1.29 is 4.21 Å². The van der Waals surface area contributed by atoms with E-state index in [1.807, 2.05) is 0 Å². The van der Waals surface area contributed by atoms with Crippen LogP contribution in [0.5, 0.6) is 0 Å². The second-order valence-electron chi connectivity index (χ2n) is 10.2. The van der Waals surface area contributed by atoms with Crippen molar-refractivity contribution in [1.29, 1.82) is 0 Å². The maximum atomic E-state index is 14.2. The highest BCUT2D eigenvalue weighted by atomic mass is 32.2. The molecular formula is C20H34OS. The third kappa shape index (κ3) is 1.34. The number of hydrogen-bond donors (Lipinski definition) is 0. The number of rotatable bonds is 2. The molecule has 0 saturated heterocycles. The van der Waals surface area contributed by atoms with Gasteiger partial charge in [0.15, 0.2) is 0 Å². The van der Waals surface area contributed by atoms with E-state index in [-0.39, 0.29) is 20.3 Å². The molecule has 0 spiro atoms. The minimum absolute atomic E-state index is 0.101. The van der Waals surface area contributed by atoms with Crippen LogP contribution in [0.1, 0.15) is 80.1 Å². The standard InChI is InChI=1S/C20H34OS/c1-13-7-9-15-11-19(13,17(15,3)4)22(21)20-12-16(18(20,5)6)10-8-14(20)2/h13-16H,7-12H2,1-6H3. The summed E-state index contributed by atoms with van der Waals surface area (Å²) in [5.41, 5.74) is 0.561. The predicted octanol–water partition coefficient (Wildman–Crippen LogP) is 5.16. The summed E-state index contributed by atoms with van der Waals surface area (Å²) in [6.07, 6.45) is 7.80. The predicted molar refractivity (Wildman–Crippen MR) is 94.2 cm³/mol. The molecule has 22 heavy (non-hydrogen) atoms. The van der Waals surface area contributed by atoms with Gasteiger partial charge in [0.2, 0.25) is 0 Å². The largest absolute Gasteiger partial charge is 0.258 e. The third-order valence-corrected chi connectivity index (χ3v) is 13.0. The van der Waals surface area contributed by atoms with Gasteiger partial charge in [-0.3, -0.25) is 4.21 Å². The van der Waals surface area contributed by atoms with Gasteiger partial charge in [-0.1, -0.05) is 41.5 Å².